The molecule has 0 unspecified atom stereocenters. The van der Waals surface area contributed by atoms with Gasteiger partial charge >= 0.3 is 0 Å². The van der Waals surface area contributed by atoms with Crippen molar-refractivity contribution in [2.45, 2.75) is 0 Å². The Kier molecular flexibility index (Phi) is 3.12. The van der Waals surface area contributed by atoms with Gasteiger partial charge in [-0.15, -0.1) is 11.6 Å². The van der Waals surface area contributed by atoms with Crippen LogP contribution in [0.15, 0.2) is 12.1 Å². The zero-order chi connectivity index (χ0) is 10.0. The van der Waals surface area contributed by atoms with Crippen LogP contribution >= 0.6 is 23.2 Å². The lowest BCUT2D eigenvalue weighted by Crippen LogP contribution is -2.01. The molecule has 0 aliphatic heterocycles. The van der Waals surface area contributed by atoms with E-state index in [1.54, 1.807) is 0 Å². The minimum atomic E-state index is -0.684. The summed E-state index contributed by atoms with van der Waals surface area (Å²) in [5, 5.41) is 9.04. The minimum absolute atomic E-state index is 0.194. The predicted molar refractivity (Wildman–Crippen MR) is 48.1 cm³/mol. The second-order valence-electron chi connectivity index (χ2n) is 2.34. The van der Waals surface area contributed by atoms with Crippen LogP contribution in [0.4, 0.5) is 4.39 Å². The highest BCUT2D eigenvalue weighted by atomic mass is 35.5. The Morgan fingerprint density at radius 1 is 1.54 bits per heavy atom. The molecule has 2 nitrogen and oxygen atoms in total. The monoisotopic (exact) mass is 222 g/mol. The van der Waals surface area contributed by atoms with Gasteiger partial charge in [-0.2, -0.15) is 0 Å². The first kappa shape index (κ1) is 10.3. The maximum absolute atomic E-state index is 12.7. The molecule has 0 saturated heterocycles. The van der Waals surface area contributed by atoms with E-state index in [1.165, 1.54) is 0 Å². The summed E-state index contributed by atoms with van der Waals surface area (Å²) in [4.78, 5) is 11.0. The fraction of sp³-hybridized carbons (Fsp3) is 0.125. The molecule has 0 saturated carbocycles. The summed E-state index contributed by atoms with van der Waals surface area (Å²) in [6.07, 6.45) is 0. The lowest BCUT2D eigenvalue weighted by molar-refractivity contribution is 0.101. The van der Waals surface area contributed by atoms with Gasteiger partial charge in [-0.25, -0.2) is 4.39 Å². The number of hydrogen-bond acceptors (Lipinski definition) is 2. The smallest absolute Gasteiger partial charge is 0.181 e. The predicted octanol–water partition coefficient (Wildman–Crippen LogP) is 2.61. The molecular formula is C8H5Cl2FO2. The van der Waals surface area contributed by atoms with E-state index >= 15 is 0 Å². The molecule has 1 aromatic rings. The highest BCUT2D eigenvalue weighted by Gasteiger charge is 2.14. The van der Waals surface area contributed by atoms with Gasteiger partial charge in [-0.05, 0) is 12.1 Å². The molecule has 1 rings (SSSR count). The van der Waals surface area contributed by atoms with Crippen LogP contribution in [-0.4, -0.2) is 16.8 Å². The average Bonchev–Trinajstić information content (AvgIpc) is 2.10. The number of phenols is 1. The first-order chi connectivity index (χ1) is 6.06. The van der Waals surface area contributed by atoms with Gasteiger partial charge in [0.15, 0.2) is 5.78 Å². The van der Waals surface area contributed by atoms with Crippen LogP contribution in [0.5, 0.6) is 5.75 Å². The van der Waals surface area contributed by atoms with Gasteiger partial charge in [-0.3, -0.25) is 4.79 Å². The van der Waals surface area contributed by atoms with E-state index in [9.17, 15) is 14.3 Å². The molecule has 0 aliphatic carbocycles. The van der Waals surface area contributed by atoms with Crippen LogP contribution < -0.4 is 0 Å². The zero-order valence-electron chi connectivity index (χ0n) is 6.35. The third-order valence-electron chi connectivity index (χ3n) is 1.45. The van der Waals surface area contributed by atoms with Crippen LogP contribution in [0.2, 0.25) is 5.02 Å². The quantitative estimate of drug-likeness (QED) is 0.618. The van der Waals surface area contributed by atoms with Crippen molar-refractivity contribution in [2.24, 2.45) is 0 Å². The Balaban J connectivity index is 3.28. The third-order valence-corrected chi connectivity index (χ3v) is 1.98. The number of ketones is 1. The van der Waals surface area contributed by atoms with Crippen molar-refractivity contribution in [1.82, 2.24) is 0 Å². The fourth-order valence-corrected chi connectivity index (χ4v) is 1.20. The molecule has 0 amide bonds. The molecule has 1 N–H and O–H groups in total. The van der Waals surface area contributed by atoms with E-state index in [-0.39, 0.29) is 16.5 Å². The number of alkyl halides is 1. The highest BCUT2D eigenvalue weighted by Crippen LogP contribution is 2.28. The van der Waals surface area contributed by atoms with Gasteiger partial charge in [0.1, 0.15) is 11.6 Å². The second-order valence-corrected chi connectivity index (χ2v) is 3.02. The van der Waals surface area contributed by atoms with Gasteiger partial charge in [-0.1, -0.05) is 11.6 Å². The van der Waals surface area contributed by atoms with Gasteiger partial charge in [0.25, 0.3) is 0 Å². The van der Waals surface area contributed by atoms with Gasteiger partial charge < -0.3 is 5.11 Å². The number of carbonyl (C=O) groups is 1. The molecular weight excluding hydrogens is 218 g/mol. The maximum Gasteiger partial charge on any atom is 0.181 e. The largest absolute Gasteiger partial charge is 0.506 e. The number of hydrogen-bond donors (Lipinski definition) is 1. The van der Waals surface area contributed by atoms with E-state index in [1.807, 2.05) is 0 Å². The van der Waals surface area contributed by atoms with Gasteiger partial charge in [0.05, 0.1) is 16.5 Å². The van der Waals surface area contributed by atoms with Crippen LogP contribution in [0.1, 0.15) is 10.4 Å². The maximum atomic E-state index is 12.7. The van der Waals surface area contributed by atoms with Crippen LogP contribution in [0.25, 0.3) is 0 Å². The fourth-order valence-electron chi connectivity index (χ4n) is 0.851. The summed E-state index contributed by atoms with van der Waals surface area (Å²) < 4.78 is 12.7. The molecule has 0 heterocycles. The Labute approximate surface area is 83.9 Å². The number of carbonyl (C=O) groups excluding carboxylic acids is 1. The lowest BCUT2D eigenvalue weighted by atomic mass is 10.1. The molecule has 5 heteroatoms. The van der Waals surface area contributed by atoms with Gasteiger partial charge in [0, 0.05) is 0 Å². The van der Waals surface area contributed by atoms with Crippen molar-refractivity contribution in [1.29, 1.82) is 0 Å². The standard InChI is InChI=1S/C8H5Cl2FO2/c9-3-7(12)5-1-4(11)2-6(10)8(5)13/h1-2,13H,3H2. The summed E-state index contributed by atoms with van der Waals surface area (Å²) in [5.74, 6) is -2.02. The first-order valence-electron chi connectivity index (χ1n) is 3.33. The van der Waals surface area contributed by atoms with E-state index in [2.05, 4.69) is 0 Å². The Morgan fingerprint density at radius 3 is 2.69 bits per heavy atom. The third kappa shape index (κ3) is 2.11. The summed E-state index contributed by atoms with van der Waals surface area (Å²) in [6.45, 7) is 0. The van der Waals surface area contributed by atoms with Crippen molar-refractivity contribution < 1.29 is 14.3 Å². The Morgan fingerprint density at radius 2 is 2.15 bits per heavy atom. The summed E-state index contributed by atoms with van der Waals surface area (Å²) in [7, 11) is 0. The number of rotatable bonds is 2. The number of halogens is 3. The Bertz CT molecular complexity index is 352. The molecule has 0 fully saturated rings. The highest BCUT2D eigenvalue weighted by molar-refractivity contribution is 6.34. The molecule has 70 valence electrons. The number of benzene rings is 1. The number of aromatic hydroxyl groups is 1. The van der Waals surface area contributed by atoms with Crippen LogP contribution in [0.3, 0.4) is 0 Å². The molecule has 0 radical (unpaired) electrons. The first-order valence-corrected chi connectivity index (χ1v) is 4.24. The summed E-state index contributed by atoms with van der Waals surface area (Å²) >= 11 is 10.7. The average molecular weight is 223 g/mol. The van der Waals surface area contributed by atoms with Crippen LogP contribution in [-0.2, 0) is 0 Å². The molecule has 1 aromatic carbocycles. The van der Waals surface area contributed by atoms with E-state index in [0.29, 0.717) is 0 Å². The normalized spacial score (nSPS) is 10.1. The molecule has 0 aliphatic rings. The topological polar surface area (TPSA) is 37.3 Å². The molecule has 0 atom stereocenters. The molecule has 0 bridgehead atoms. The van der Waals surface area contributed by atoms with Gasteiger partial charge in [0.2, 0.25) is 0 Å². The lowest BCUT2D eigenvalue weighted by Gasteiger charge is -2.03. The molecule has 0 spiro atoms. The minimum Gasteiger partial charge on any atom is -0.506 e. The van der Waals surface area contributed by atoms with Crippen molar-refractivity contribution >= 4 is 29.0 Å². The number of Topliss-reactive ketones (excluding diaryl/α,β-unsaturated/α-hetero) is 1. The van der Waals surface area contributed by atoms with E-state index in [0.717, 1.165) is 12.1 Å². The summed E-state index contributed by atoms with van der Waals surface area (Å²) in [5.41, 5.74) is -0.194. The van der Waals surface area contributed by atoms with Crippen molar-refractivity contribution in [3.05, 3.63) is 28.5 Å². The second kappa shape index (κ2) is 3.94. The Hall–Kier alpha value is -0.800. The molecule has 13 heavy (non-hydrogen) atoms. The van der Waals surface area contributed by atoms with E-state index < -0.39 is 17.3 Å². The van der Waals surface area contributed by atoms with E-state index in [4.69, 9.17) is 23.2 Å². The summed E-state index contributed by atoms with van der Waals surface area (Å²) in [6, 6.07) is 1.81. The van der Waals surface area contributed by atoms with Crippen molar-refractivity contribution in [3.8, 4) is 5.75 Å². The van der Waals surface area contributed by atoms with Crippen molar-refractivity contribution in [2.75, 3.05) is 5.88 Å². The zero-order valence-corrected chi connectivity index (χ0v) is 7.86. The van der Waals surface area contributed by atoms with Crippen molar-refractivity contribution in [3.63, 3.8) is 0 Å². The molecule has 0 aromatic heterocycles. The SMILES string of the molecule is O=C(CCl)c1cc(F)cc(Cl)c1O. The number of phenolic OH excluding ortho intramolecular Hbond substituents is 1. The van der Waals surface area contributed by atoms with Crippen LogP contribution in [0, 0.1) is 5.82 Å².